The number of carbonyl (C=O) groups is 2. The van der Waals surface area contributed by atoms with Crippen molar-refractivity contribution in [2.75, 3.05) is 11.4 Å². The summed E-state index contributed by atoms with van der Waals surface area (Å²) in [5, 5.41) is 11.6. The average Bonchev–Trinajstić information content (AvgIpc) is 2.84. The second kappa shape index (κ2) is 7.29. The first-order valence-corrected chi connectivity index (χ1v) is 9.24. The van der Waals surface area contributed by atoms with E-state index in [0.29, 0.717) is 27.8 Å². The lowest BCUT2D eigenvalue weighted by Gasteiger charge is -2.22. The maximum absolute atomic E-state index is 12.9. The Labute approximate surface area is 164 Å². The Morgan fingerprint density at radius 2 is 1.93 bits per heavy atom. The van der Waals surface area contributed by atoms with Crippen LogP contribution in [-0.2, 0) is 10.4 Å². The van der Waals surface area contributed by atoms with Gasteiger partial charge in [-0.05, 0) is 29.7 Å². The van der Waals surface area contributed by atoms with Crippen LogP contribution in [0.15, 0.2) is 55.1 Å². The number of hydrogen-bond acceptors (Lipinski definition) is 3. The van der Waals surface area contributed by atoms with E-state index in [4.69, 9.17) is 11.6 Å². The van der Waals surface area contributed by atoms with Crippen LogP contribution in [0.4, 0.5) is 5.69 Å². The van der Waals surface area contributed by atoms with E-state index in [9.17, 15) is 14.7 Å². The van der Waals surface area contributed by atoms with Crippen molar-refractivity contribution in [1.82, 2.24) is 0 Å². The number of ketones is 1. The third-order valence-corrected chi connectivity index (χ3v) is 5.16. The maximum Gasteiger partial charge on any atom is 0.264 e. The first kappa shape index (κ1) is 19.3. The molecule has 0 radical (unpaired) electrons. The molecule has 2 aromatic rings. The predicted octanol–water partition coefficient (Wildman–Crippen LogP) is 4.46. The van der Waals surface area contributed by atoms with Crippen molar-refractivity contribution in [1.29, 1.82) is 0 Å². The highest BCUT2D eigenvalue weighted by molar-refractivity contribution is 6.31. The first-order valence-electron chi connectivity index (χ1n) is 8.86. The van der Waals surface area contributed by atoms with Gasteiger partial charge in [0.05, 0.1) is 12.1 Å². The van der Waals surface area contributed by atoms with Crippen LogP contribution in [0.5, 0.6) is 0 Å². The van der Waals surface area contributed by atoms with E-state index in [1.165, 1.54) is 4.90 Å². The van der Waals surface area contributed by atoms with E-state index in [2.05, 4.69) is 20.4 Å². The number of nitrogens with zero attached hydrogens (tertiary/aromatic N) is 1. The molecule has 1 unspecified atom stereocenters. The predicted molar refractivity (Wildman–Crippen MR) is 107 cm³/mol. The van der Waals surface area contributed by atoms with Crippen LogP contribution in [0.2, 0.25) is 5.02 Å². The highest BCUT2D eigenvalue weighted by Gasteiger charge is 2.50. The number of Topliss-reactive ketones (excluding diaryl/α,β-unsaturated/α-hetero) is 1. The van der Waals surface area contributed by atoms with Crippen molar-refractivity contribution in [3.05, 3.63) is 76.8 Å². The van der Waals surface area contributed by atoms with Crippen LogP contribution in [0.1, 0.15) is 47.7 Å². The largest absolute Gasteiger partial charge is 0.375 e. The zero-order valence-corrected chi connectivity index (χ0v) is 16.2. The maximum atomic E-state index is 12.9. The van der Waals surface area contributed by atoms with Gasteiger partial charge in [0.15, 0.2) is 11.4 Å². The Morgan fingerprint density at radius 3 is 2.52 bits per heavy atom. The lowest BCUT2D eigenvalue weighted by atomic mass is 9.87. The van der Waals surface area contributed by atoms with Crippen molar-refractivity contribution >= 4 is 29.0 Å². The minimum absolute atomic E-state index is 0.243. The highest BCUT2D eigenvalue weighted by Crippen LogP contribution is 2.44. The number of rotatable bonds is 6. The molecule has 0 fully saturated rings. The van der Waals surface area contributed by atoms with Gasteiger partial charge in [-0.15, -0.1) is 6.58 Å². The minimum atomic E-state index is -1.93. The summed E-state index contributed by atoms with van der Waals surface area (Å²) in [5.41, 5.74) is 0.559. The Morgan fingerprint density at radius 1 is 1.26 bits per heavy atom. The van der Waals surface area contributed by atoms with E-state index >= 15 is 0 Å². The van der Waals surface area contributed by atoms with Gasteiger partial charge in [-0.1, -0.05) is 55.8 Å². The van der Waals surface area contributed by atoms with Gasteiger partial charge in [-0.2, -0.15) is 0 Å². The molecule has 3 rings (SSSR count). The Hall–Kier alpha value is -2.43. The molecule has 1 N–H and O–H groups in total. The van der Waals surface area contributed by atoms with Crippen LogP contribution in [-0.4, -0.2) is 23.3 Å². The van der Waals surface area contributed by atoms with Gasteiger partial charge in [-0.25, -0.2) is 0 Å². The SMILES string of the molecule is C=CCN1C(=O)C(O)(CC(=O)c2ccc(C(C)C)cc2)c2cc(Cl)ccc21. The number of anilines is 1. The molecule has 140 valence electrons. The number of carbonyl (C=O) groups excluding carboxylic acids is 2. The van der Waals surface area contributed by atoms with Crippen LogP contribution in [0.25, 0.3) is 0 Å². The molecule has 1 aliphatic rings. The molecule has 0 bridgehead atoms. The molecule has 0 saturated carbocycles. The zero-order chi connectivity index (χ0) is 19.8. The lowest BCUT2D eigenvalue weighted by Crippen LogP contribution is -2.41. The van der Waals surface area contributed by atoms with Crippen molar-refractivity contribution in [3.8, 4) is 0 Å². The Bertz CT molecular complexity index is 904. The summed E-state index contributed by atoms with van der Waals surface area (Å²) < 4.78 is 0. The molecular formula is C22H22ClNO3. The van der Waals surface area contributed by atoms with E-state index < -0.39 is 11.5 Å². The third-order valence-electron chi connectivity index (χ3n) is 4.92. The lowest BCUT2D eigenvalue weighted by molar-refractivity contribution is -0.135. The van der Waals surface area contributed by atoms with E-state index in [1.54, 1.807) is 36.4 Å². The van der Waals surface area contributed by atoms with Crippen LogP contribution < -0.4 is 4.90 Å². The number of amides is 1. The second-order valence-electron chi connectivity index (χ2n) is 7.10. The monoisotopic (exact) mass is 383 g/mol. The molecular weight excluding hydrogens is 362 g/mol. The van der Waals surface area contributed by atoms with Gasteiger partial charge >= 0.3 is 0 Å². The molecule has 0 saturated heterocycles. The van der Waals surface area contributed by atoms with Crippen molar-refractivity contribution in [2.24, 2.45) is 0 Å². The summed E-state index contributed by atoms with van der Waals surface area (Å²) in [6.07, 6.45) is 1.24. The summed E-state index contributed by atoms with van der Waals surface area (Å²) in [6, 6.07) is 12.1. The molecule has 1 aliphatic heterocycles. The van der Waals surface area contributed by atoms with Crippen LogP contribution >= 0.6 is 11.6 Å². The minimum Gasteiger partial charge on any atom is -0.375 e. The number of benzene rings is 2. The fourth-order valence-electron chi connectivity index (χ4n) is 3.39. The molecule has 5 heteroatoms. The van der Waals surface area contributed by atoms with E-state index in [1.807, 2.05) is 12.1 Å². The van der Waals surface area contributed by atoms with Gasteiger partial charge in [-0.3, -0.25) is 9.59 Å². The third kappa shape index (κ3) is 3.43. The number of aliphatic hydroxyl groups is 1. The van der Waals surface area contributed by atoms with Gasteiger partial charge in [0.1, 0.15) is 0 Å². The van der Waals surface area contributed by atoms with E-state index in [0.717, 1.165) is 5.56 Å². The number of fused-ring (bicyclic) bond motifs is 1. The van der Waals surface area contributed by atoms with Gasteiger partial charge in [0.25, 0.3) is 5.91 Å². The van der Waals surface area contributed by atoms with Crippen LogP contribution in [0, 0.1) is 0 Å². The molecule has 1 heterocycles. The topological polar surface area (TPSA) is 57.6 Å². The molecule has 27 heavy (non-hydrogen) atoms. The quantitative estimate of drug-likeness (QED) is 0.592. The zero-order valence-electron chi connectivity index (χ0n) is 15.4. The molecule has 2 aromatic carbocycles. The molecule has 4 nitrogen and oxygen atoms in total. The van der Waals surface area contributed by atoms with Crippen molar-refractivity contribution < 1.29 is 14.7 Å². The molecule has 1 amide bonds. The van der Waals surface area contributed by atoms with Gasteiger partial charge in [0.2, 0.25) is 0 Å². The molecule has 0 spiro atoms. The highest BCUT2D eigenvalue weighted by atomic mass is 35.5. The molecule has 1 atom stereocenters. The summed E-state index contributed by atoms with van der Waals surface area (Å²) >= 11 is 6.08. The Kier molecular flexibility index (Phi) is 5.22. The average molecular weight is 384 g/mol. The normalized spacial score (nSPS) is 18.7. The first-order chi connectivity index (χ1) is 12.8. The number of hydrogen-bond donors (Lipinski definition) is 1. The summed E-state index contributed by atoms with van der Waals surface area (Å²) in [5.74, 6) is -0.476. The Balaban J connectivity index is 1.95. The second-order valence-corrected chi connectivity index (χ2v) is 7.54. The summed E-state index contributed by atoms with van der Waals surface area (Å²) in [6.45, 7) is 8.05. The molecule has 0 aliphatic carbocycles. The molecule has 0 aromatic heterocycles. The van der Waals surface area contributed by atoms with Gasteiger partial charge < -0.3 is 10.0 Å². The van der Waals surface area contributed by atoms with E-state index in [-0.39, 0.29) is 18.7 Å². The van der Waals surface area contributed by atoms with Crippen molar-refractivity contribution in [2.45, 2.75) is 31.8 Å². The summed E-state index contributed by atoms with van der Waals surface area (Å²) in [4.78, 5) is 27.2. The smallest absolute Gasteiger partial charge is 0.264 e. The fraction of sp³-hybridized carbons (Fsp3) is 0.273. The fourth-order valence-corrected chi connectivity index (χ4v) is 3.56. The standard InChI is InChI=1S/C22H22ClNO3/c1-4-11-24-19-10-9-17(23)12-18(19)22(27,21(24)26)13-20(25)16-7-5-15(6-8-16)14(2)3/h4-10,12,14,27H,1,11,13H2,2-3H3. The van der Waals surface area contributed by atoms with Crippen LogP contribution in [0.3, 0.4) is 0 Å². The number of halogens is 1. The van der Waals surface area contributed by atoms with Gasteiger partial charge in [0, 0.05) is 22.7 Å². The summed E-state index contributed by atoms with van der Waals surface area (Å²) in [7, 11) is 0. The van der Waals surface area contributed by atoms with Crippen molar-refractivity contribution in [3.63, 3.8) is 0 Å².